The molecule has 9 heteroatoms. The Morgan fingerprint density at radius 3 is 2.50 bits per heavy atom. The zero-order valence-corrected chi connectivity index (χ0v) is 24.9. The first-order valence-corrected chi connectivity index (χ1v) is 15.5. The Bertz CT molecular complexity index is 1100. The van der Waals surface area contributed by atoms with Gasteiger partial charge in [-0.15, -0.1) is 0 Å². The fourth-order valence-corrected chi connectivity index (χ4v) is 5.48. The fourth-order valence-electron chi connectivity index (χ4n) is 5.48. The molecule has 0 amide bonds. The lowest BCUT2D eigenvalue weighted by atomic mass is 9.86. The van der Waals surface area contributed by atoms with Gasteiger partial charge in [0, 0.05) is 18.4 Å². The van der Waals surface area contributed by atoms with Crippen molar-refractivity contribution in [3.05, 3.63) is 71.3 Å². The third-order valence-electron chi connectivity index (χ3n) is 7.95. The van der Waals surface area contributed by atoms with E-state index in [2.05, 4.69) is 23.3 Å². The molecule has 0 fully saturated rings. The van der Waals surface area contributed by atoms with Gasteiger partial charge >= 0.3 is 0 Å². The Morgan fingerprint density at radius 1 is 1.00 bits per heavy atom. The van der Waals surface area contributed by atoms with Crippen molar-refractivity contribution < 1.29 is 30.3 Å². The lowest BCUT2D eigenvalue weighted by Crippen LogP contribution is -2.37. The van der Waals surface area contributed by atoms with Crippen molar-refractivity contribution in [2.24, 2.45) is 11.7 Å². The summed E-state index contributed by atoms with van der Waals surface area (Å²) in [4.78, 5) is 3.23. The number of phenolic OH excluding ortho intramolecular Hbond substituents is 1. The third kappa shape index (κ3) is 11.4. The van der Waals surface area contributed by atoms with Crippen LogP contribution in [0.5, 0.6) is 11.5 Å². The molecule has 1 aliphatic rings. The maximum atomic E-state index is 10.7. The molecule has 0 unspecified atom stereocenters. The molecule has 9 nitrogen and oxygen atoms in total. The molecule has 0 radical (unpaired) electrons. The molecule has 0 aliphatic carbocycles. The topological polar surface area (TPSA) is 164 Å². The molecule has 234 valence electrons. The largest absolute Gasteiger partial charge is 0.504 e. The molecule has 0 saturated heterocycles. The van der Waals surface area contributed by atoms with Gasteiger partial charge in [-0.1, -0.05) is 51.2 Å². The van der Waals surface area contributed by atoms with Gasteiger partial charge in [0.25, 0.3) is 0 Å². The smallest absolute Gasteiger partial charge is 0.161 e. The molecule has 1 aliphatic heterocycles. The number of nitrogens with one attached hydrogen (secondary N) is 2. The van der Waals surface area contributed by atoms with Crippen molar-refractivity contribution in [3.63, 3.8) is 0 Å². The molecule has 0 bridgehead atoms. The van der Waals surface area contributed by atoms with Crippen LogP contribution in [0.25, 0.3) is 0 Å². The molecule has 2 heterocycles. The van der Waals surface area contributed by atoms with Crippen molar-refractivity contribution in [2.75, 3.05) is 13.2 Å². The number of dihydropyridines is 1. The van der Waals surface area contributed by atoms with E-state index < -0.39 is 31.0 Å². The molecule has 1 aromatic heterocycles. The minimum Gasteiger partial charge on any atom is -0.504 e. The fraction of sp³-hybridized carbons (Fsp3) is 0.576. The summed E-state index contributed by atoms with van der Waals surface area (Å²) in [6.07, 6.45) is 11.4. The van der Waals surface area contributed by atoms with E-state index in [0.717, 1.165) is 29.7 Å². The van der Waals surface area contributed by atoms with Gasteiger partial charge in [0.1, 0.15) is 12.2 Å². The van der Waals surface area contributed by atoms with E-state index in [1.807, 2.05) is 24.4 Å². The summed E-state index contributed by atoms with van der Waals surface area (Å²) >= 11 is 0. The van der Waals surface area contributed by atoms with Gasteiger partial charge in [-0.2, -0.15) is 0 Å². The summed E-state index contributed by atoms with van der Waals surface area (Å²) in [7, 11) is 0. The average molecular weight is 586 g/mol. The van der Waals surface area contributed by atoms with Gasteiger partial charge in [0.05, 0.1) is 24.6 Å². The molecular formula is C33H51N3O6. The highest BCUT2D eigenvalue weighted by molar-refractivity contribution is 5.42. The number of allylic oxidation sites excluding steroid dienone is 2. The lowest BCUT2D eigenvalue weighted by molar-refractivity contribution is -0.0103. The number of aliphatic hydroxyl groups excluding tert-OH is 4. The molecular weight excluding hydrogens is 534 g/mol. The van der Waals surface area contributed by atoms with Crippen molar-refractivity contribution in [1.82, 2.24) is 10.3 Å². The molecule has 9 N–H and O–H groups in total. The third-order valence-corrected chi connectivity index (χ3v) is 7.95. The molecule has 0 spiro atoms. The molecule has 3 rings (SSSR count). The van der Waals surface area contributed by atoms with Crippen LogP contribution in [-0.2, 0) is 12.8 Å². The predicted molar refractivity (Wildman–Crippen MR) is 165 cm³/mol. The number of hydrogen-bond acceptors (Lipinski definition) is 8. The van der Waals surface area contributed by atoms with Gasteiger partial charge < -0.3 is 46.3 Å². The number of nitrogens with two attached hydrogens (primary N) is 1. The van der Waals surface area contributed by atoms with Crippen molar-refractivity contribution >= 4 is 0 Å². The van der Waals surface area contributed by atoms with E-state index in [9.17, 15) is 25.5 Å². The van der Waals surface area contributed by atoms with Gasteiger partial charge in [-0.25, -0.2) is 0 Å². The van der Waals surface area contributed by atoms with Crippen LogP contribution in [0.3, 0.4) is 0 Å². The Labute approximate surface area is 250 Å². The van der Waals surface area contributed by atoms with E-state index in [-0.39, 0.29) is 17.4 Å². The molecule has 0 saturated carbocycles. The van der Waals surface area contributed by atoms with Gasteiger partial charge in [-0.3, -0.25) is 0 Å². The molecule has 1 aromatic carbocycles. The van der Waals surface area contributed by atoms with Crippen LogP contribution in [-0.4, -0.2) is 68.1 Å². The van der Waals surface area contributed by atoms with Crippen LogP contribution in [0.2, 0.25) is 0 Å². The second kappa shape index (κ2) is 17.9. The number of benzene rings is 1. The first-order chi connectivity index (χ1) is 20.3. The molecule has 5 atom stereocenters. The number of ether oxygens (including phenoxy) is 1. The summed E-state index contributed by atoms with van der Waals surface area (Å²) in [6, 6.07) is 8.96. The highest BCUT2D eigenvalue weighted by atomic mass is 16.5. The van der Waals surface area contributed by atoms with E-state index in [0.29, 0.717) is 50.9 Å². The minimum absolute atomic E-state index is 0.0703. The van der Waals surface area contributed by atoms with E-state index in [1.165, 1.54) is 19.3 Å². The number of H-pyrrole nitrogens is 1. The number of rotatable bonds is 20. The van der Waals surface area contributed by atoms with Crippen molar-refractivity contribution in [1.29, 1.82) is 0 Å². The number of aliphatic hydroxyl groups is 4. The van der Waals surface area contributed by atoms with Crippen LogP contribution in [0.1, 0.15) is 76.0 Å². The zero-order chi connectivity index (χ0) is 30.3. The average Bonchev–Trinajstić information content (AvgIpc) is 3.49. The summed E-state index contributed by atoms with van der Waals surface area (Å²) in [6.45, 7) is 2.28. The maximum Gasteiger partial charge on any atom is 0.161 e. The first kappa shape index (κ1) is 33.5. The van der Waals surface area contributed by atoms with Gasteiger partial charge in [0.15, 0.2) is 11.5 Å². The van der Waals surface area contributed by atoms with E-state index >= 15 is 0 Å². The molecule has 42 heavy (non-hydrogen) atoms. The van der Waals surface area contributed by atoms with Crippen LogP contribution >= 0.6 is 0 Å². The molecule has 2 aromatic rings. The van der Waals surface area contributed by atoms with Crippen LogP contribution in [0.15, 0.2) is 60.1 Å². The highest BCUT2D eigenvalue weighted by Crippen LogP contribution is 2.32. The number of unbranched alkanes of at least 4 members (excludes halogenated alkanes) is 4. The number of phenols is 1. The van der Waals surface area contributed by atoms with E-state index in [1.54, 1.807) is 18.2 Å². The summed E-state index contributed by atoms with van der Waals surface area (Å²) in [5.74, 6) is 0.629. The number of aryl methyl sites for hydroxylation is 1. The quantitative estimate of drug-likeness (QED) is 0.109. The predicted octanol–water partition coefficient (Wildman–Crippen LogP) is 3.80. The van der Waals surface area contributed by atoms with Crippen LogP contribution in [0.4, 0.5) is 0 Å². The Kier molecular flexibility index (Phi) is 14.3. The second-order valence-corrected chi connectivity index (χ2v) is 11.5. The summed E-state index contributed by atoms with van der Waals surface area (Å²) in [5, 5.41) is 55.1. The van der Waals surface area contributed by atoms with Crippen LogP contribution in [0, 0.1) is 5.92 Å². The second-order valence-electron chi connectivity index (χ2n) is 11.5. The zero-order valence-electron chi connectivity index (χ0n) is 24.9. The normalized spacial score (nSPS) is 17.0. The summed E-state index contributed by atoms with van der Waals surface area (Å²) in [5.41, 5.74) is 8.93. The van der Waals surface area contributed by atoms with Crippen molar-refractivity contribution in [3.8, 4) is 11.5 Å². The minimum atomic E-state index is -1.17. The lowest BCUT2D eigenvalue weighted by Gasteiger charge is -2.29. The summed E-state index contributed by atoms with van der Waals surface area (Å²) < 4.78 is 6.18. The Hall–Kier alpha value is -2.98. The number of aromatic nitrogens is 1. The SMILES string of the molecule is CCCCCCC[C@H](O)C[C@H](O)CCc1ccc(O)c(O[C@H](C[C@H](Cc2ccc[nH]2)C2=CCNC(N)=C2)[C@H](O)CO)c1. The Morgan fingerprint density at radius 2 is 1.79 bits per heavy atom. The number of aromatic hydroxyl groups is 1. The number of hydrogen-bond donors (Lipinski definition) is 8. The standard InChI is InChI=1S/C33H51N3O6/c1-2-3-4-5-6-9-27(38)21-28(39)12-10-23-11-13-29(40)31(17-23)42-32(30(41)22-37)19-25(18-26-8-7-15-35-26)24-14-16-36-33(34)20-24/h7-8,11,13-15,17,20,25,27-28,30,32,35-41H,2-6,9-10,12,16,18-19,21-22,34H2,1H3/t25-,27-,28+,30+,32+/m0/s1. The maximum absolute atomic E-state index is 10.7. The highest BCUT2D eigenvalue weighted by Gasteiger charge is 2.28. The van der Waals surface area contributed by atoms with Crippen LogP contribution < -0.4 is 15.8 Å². The van der Waals surface area contributed by atoms with Gasteiger partial charge in [-0.05, 0) is 85.9 Å². The first-order valence-electron chi connectivity index (χ1n) is 15.5. The number of aromatic amines is 1. The van der Waals surface area contributed by atoms with Gasteiger partial charge in [0.2, 0.25) is 0 Å². The van der Waals surface area contributed by atoms with E-state index in [4.69, 9.17) is 10.5 Å². The van der Waals surface area contributed by atoms with Crippen molar-refractivity contribution in [2.45, 2.75) is 102 Å². The monoisotopic (exact) mass is 585 g/mol. The Balaban J connectivity index is 1.63.